The van der Waals surface area contributed by atoms with Crippen molar-refractivity contribution in [3.8, 4) is 0 Å². The predicted octanol–water partition coefficient (Wildman–Crippen LogP) is 2.65. The average molecular weight is 353 g/mol. The SMILES string of the molecule is O=C(CNc1cccc(NC(=O)c2ccccc2)c1)NCC1CCCO1. The molecule has 6 nitrogen and oxygen atoms in total. The Morgan fingerprint density at radius 3 is 2.62 bits per heavy atom. The number of nitrogens with one attached hydrogen (secondary N) is 3. The van der Waals surface area contributed by atoms with Crippen molar-refractivity contribution in [2.75, 3.05) is 30.3 Å². The fraction of sp³-hybridized carbons (Fsp3) is 0.300. The third kappa shape index (κ3) is 5.32. The predicted molar refractivity (Wildman–Crippen MR) is 101 cm³/mol. The van der Waals surface area contributed by atoms with Gasteiger partial charge in [0.25, 0.3) is 5.91 Å². The number of carbonyl (C=O) groups is 2. The first-order valence-corrected chi connectivity index (χ1v) is 8.79. The quantitative estimate of drug-likeness (QED) is 0.715. The van der Waals surface area contributed by atoms with Gasteiger partial charge >= 0.3 is 0 Å². The zero-order chi connectivity index (χ0) is 18.2. The van der Waals surface area contributed by atoms with Gasteiger partial charge < -0.3 is 20.7 Å². The van der Waals surface area contributed by atoms with E-state index in [2.05, 4.69) is 16.0 Å². The molecule has 0 aromatic heterocycles. The molecule has 1 atom stereocenters. The Morgan fingerprint density at radius 2 is 1.85 bits per heavy atom. The van der Waals surface area contributed by atoms with Crippen molar-refractivity contribution >= 4 is 23.2 Å². The van der Waals surface area contributed by atoms with Crippen LogP contribution in [-0.4, -0.2) is 37.6 Å². The van der Waals surface area contributed by atoms with Gasteiger partial charge in [-0.25, -0.2) is 0 Å². The lowest BCUT2D eigenvalue weighted by molar-refractivity contribution is -0.119. The summed E-state index contributed by atoms with van der Waals surface area (Å²) in [6.45, 7) is 1.50. The number of anilines is 2. The van der Waals surface area contributed by atoms with Gasteiger partial charge in [-0.1, -0.05) is 24.3 Å². The monoisotopic (exact) mass is 353 g/mol. The molecule has 2 amide bonds. The van der Waals surface area contributed by atoms with Crippen molar-refractivity contribution in [2.45, 2.75) is 18.9 Å². The van der Waals surface area contributed by atoms with Crippen LogP contribution in [-0.2, 0) is 9.53 Å². The zero-order valence-electron chi connectivity index (χ0n) is 14.5. The smallest absolute Gasteiger partial charge is 0.255 e. The highest BCUT2D eigenvalue weighted by atomic mass is 16.5. The standard InChI is InChI=1S/C20H23N3O3/c24-19(22-13-18-10-5-11-26-18)14-21-16-8-4-9-17(12-16)23-20(25)15-6-2-1-3-7-15/h1-4,6-9,12,18,21H,5,10-11,13-14H2,(H,22,24)(H,23,25). The number of amides is 2. The van der Waals surface area contributed by atoms with Gasteiger partial charge in [-0.3, -0.25) is 9.59 Å². The van der Waals surface area contributed by atoms with Crippen LogP contribution in [0, 0.1) is 0 Å². The number of hydrogen-bond acceptors (Lipinski definition) is 4. The van der Waals surface area contributed by atoms with Crippen LogP contribution in [0.25, 0.3) is 0 Å². The second-order valence-electron chi connectivity index (χ2n) is 6.19. The van der Waals surface area contributed by atoms with Gasteiger partial charge in [0.05, 0.1) is 12.6 Å². The summed E-state index contributed by atoms with van der Waals surface area (Å²) in [6.07, 6.45) is 2.19. The van der Waals surface area contributed by atoms with Crippen molar-refractivity contribution in [1.29, 1.82) is 0 Å². The van der Waals surface area contributed by atoms with E-state index in [1.807, 2.05) is 36.4 Å². The highest BCUT2D eigenvalue weighted by Crippen LogP contribution is 2.16. The minimum absolute atomic E-state index is 0.0841. The van der Waals surface area contributed by atoms with Crippen LogP contribution in [0.3, 0.4) is 0 Å². The Bertz CT molecular complexity index is 743. The maximum Gasteiger partial charge on any atom is 0.255 e. The number of carbonyl (C=O) groups excluding carboxylic acids is 2. The molecule has 1 saturated heterocycles. The summed E-state index contributed by atoms with van der Waals surface area (Å²) in [5.74, 6) is -0.253. The highest BCUT2D eigenvalue weighted by Gasteiger charge is 2.15. The van der Waals surface area contributed by atoms with Crippen molar-refractivity contribution in [3.63, 3.8) is 0 Å². The maximum atomic E-state index is 12.2. The highest BCUT2D eigenvalue weighted by molar-refractivity contribution is 6.04. The maximum absolute atomic E-state index is 12.2. The molecule has 2 aromatic rings. The van der Waals surface area contributed by atoms with Crippen LogP contribution >= 0.6 is 0 Å². The molecule has 0 bridgehead atoms. The molecule has 0 spiro atoms. The Hall–Kier alpha value is -2.86. The van der Waals surface area contributed by atoms with E-state index < -0.39 is 0 Å². The van der Waals surface area contributed by atoms with Gasteiger partial charge in [0.2, 0.25) is 5.91 Å². The molecule has 1 fully saturated rings. The lowest BCUT2D eigenvalue weighted by Crippen LogP contribution is -2.35. The van der Waals surface area contributed by atoms with E-state index in [0.717, 1.165) is 25.1 Å². The third-order valence-electron chi connectivity index (χ3n) is 4.16. The van der Waals surface area contributed by atoms with Gasteiger partial charge in [0.1, 0.15) is 0 Å². The molecule has 6 heteroatoms. The molecule has 0 radical (unpaired) electrons. The summed E-state index contributed by atoms with van der Waals surface area (Å²) in [7, 11) is 0. The molecule has 1 aliphatic heterocycles. The fourth-order valence-corrected chi connectivity index (χ4v) is 2.78. The minimum atomic E-state index is -0.169. The van der Waals surface area contributed by atoms with Crippen molar-refractivity contribution in [3.05, 3.63) is 60.2 Å². The molecule has 1 aliphatic rings. The Morgan fingerprint density at radius 1 is 1.04 bits per heavy atom. The van der Waals surface area contributed by atoms with Crippen LogP contribution in [0.5, 0.6) is 0 Å². The molecule has 26 heavy (non-hydrogen) atoms. The lowest BCUT2D eigenvalue weighted by Gasteiger charge is -2.12. The molecule has 3 rings (SSSR count). The summed E-state index contributed by atoms with van der Waals surface area (Å²) in [5, 5.41) is 8.79. The van der Waals surface area contributed by atoms with E-state index >= 15 is 0 Å². The van der Waals surface area contributed by atoms with E-state index in [1.54, 1.807) is 18.2 Å². The Labute approximate surface area is 152 Å². The summed E-state index contributed by atoms with van der Waals surface area (Å²) < 4.78 is 5.48. The summed E-state index contributed by atoms with van der Waals surface area (Å²) >= 11 is 0. The first-order chi connectivity index (χ1) is 12.7. The third-order valence-corrected chi connectivity index (χ3v) is 4.16. The first-order valence-electron chi connectivity index (χ1n) is 8.79. The Kier molecular flexibility index (Phi) is 6.22. The van der Waals surface area contributed by atoms with Gasteiger partial charge in [-0.05, 0) is 43.2 Å². The Balaban J connectivity index is 1.47. The van der Waals surface area contributed by atoms with Gasteiger partial charge in [-0.2, -0.15) is 0 Å². The number of rotatable bonds is 7. The van der Waals surface area contributed by atoms with E-state index in [1.165, 1.54) is 0 Å². The van der Waals surface area contributed by atoms with Crippen molar-refractivity contribution < 1.29 is 14.3 Å². The molecular weight excluding hydrogens is 330 g/mol. The number of hydrogen-bond donors (Lipinski definition) is 3. The largest absolute Gasteiger partial charge is 0.376 e. The van der Waals surface area contributed by atoms with E-state index in [0.29, 0.717) is 17.8 Å². The molecule has 0 aliphatic carbocycles. The first kappa shape index (κ1) is 17.9. The second-order valence-corrected chi connectivity index (χ2v) is 6.19. The summed E-state index contributed by atoms with van der Waals surface area (Å²) in [6, 6.07) is 16.3. The molecule has 1 heterocycles. The number of ether oxygens (including phenoxy) is 1. The molecular formula is C20H23N3O3. The normalized spacial score (nSPS) is 16.1. The van der Waals surface area contributed by atoms with Crippen LogP contribution in [0.4, 0.5) is 11.4 Å². The van der Waals surface area contributed by atoms with Crippen molar-refractivity contribution in [2.24, 2.45) is 0 Å². The second kappa shape index (κ2) is 9.01. The molecule has 3 N–H and O–H groups in total. The van der Waals surface area contributed by atoms with Gasteiger partial charge in [0, 0.05) is 30.1 Å². The topological polar surface area (TPSA) is 79.5 Å². The van der Waals surface area contributed by atoms with Gasteiger partial charge in [0.15, 0.2) is 0 Å². The van der Waals surface area contributed by atoms with Crippen molar-refractivity contribution in [1.82, 2.24) is 5.32 Å². The van der Waals surface area contributed by atoms with Crippen LogP contribution in [0.2, 0.25) is 0 Å². The summed E-state index contributed by atoms with van der Waals surface area (Å²) in [4.78, 5) is 24.1. The average Bonchev–Trinajstić information content (AvgIpc) is 3.19. The lowest BCUT2D eigenvalue weighted by atomic mass is 10.2. The van der Waals surface area contributed by atoms with E-state index in [-0.39, 0.29) is 24.5 Å². The molecule has 1 unspecified atom stereocenters. The van der Waals surface area contributed by atoms with Crippen LogP contribution in [0.1, 0.15) is 23.2 Å². The molecule has 2 aromatic carbocycles. The van der Waals surface area contributed by atoms with E-state index in [4.69, 9.17) is 4.74 Å². The van der Waals surface area contributed by atoms with Crippen LogP contribution < -0.4 is 16.0 Å². The fourth-order valence-electron chi connectivity index (χ4n) is 2.78. The van der Waals surface area contributed by atoms with Crippen LogP contribution in [0.15, 0.2) is 54.6 Å². The van der Waals surface area contributed by atoms with Gasteiger partial charge in [-0.15, -0.1) is 0 Å². The summed E-state index contributed by atoms with van der Waals surface area (Å²) in [5.41, 5.74) is 2.03. The minimum Gasteiger partial charge on any atom is -0.376 e. The molecule has 0 saturated carbocycles. The molecule has 136 valence electrons. The zero-order valence-corrected chi connectivity index (χ0v) is 14.5. The number of benzene rings is 2. The van der Waals surface area contributed by atoms with E-state index in [9.17, 15) is 9.59 Å².